The van der Waals surface area contributed by atoms with Crippen LogP contribution in [0.2, 0.25) is 0 Å². The third kappa shape index (κ3) is 6.07. The van der Waals surface area contributed by atoms with Crippen LogP contribution in [0.5, 0.6) is 0 Å². The highest BCUT2D eigenvalue weighted by Gasteiger charge is 2.11. The van der Waals surface area contributed by atoms with Crippen LogP contribution < -0.4 is 10.6 Å². The second kappa shape index (κ2) is 11.5. The molecule has 148 valence electrons. The Morgan fingerprint density at radius 3 is 2.39 bits per heavy atom. The van der Waals surface area contributed by atoms with Gasteiger partial charge in [-0.05, 0) is 5.56 Å². The summed E-state index contributed by atoms with van der Waals surface area (Å²) in [5, 5.41) is 16.1. The van der Waals surface area contributed by atoms with Crippen LogP contribution in [0.1, 0.15) is 17.4 Å². The predicted octanol–water partition coefficient (Wildman–Crippen LogP) is 3.40. The van der Waals surface area contributed by atoms with Crippen molar-refractivity contribution in [3.8, 4) is 11.3 Å². The monoisotopic (exact) mass is 492 g/mol. The molecule has 0 saturated carbocycles. The number of rotatable bonds is 7. The highest BCUT2D eigenvalue weighted by Crippen LogP contribution is 2.19. The first-order chi connectivity index (χ1) is 13.3. The molecule has 28 heavy (non-hydrogen) atoms. The Labute approximate surface area is 182 Å². The number of oxazole rings is 1. The Balaban J connectivity index is 0.00000280. The maximum absolute atomic E-state index is 9.66. The summed E-state index contributed by atoms with van der Waals surface area (Å²) in [4.78, 5) is 8.52. The lowest BCUT2D eigenvalue weighted by Crippen LogP contribution is -2.39. The van der Waals surface area contributed by atoms with Gasteiger partial charge in [0.15, 0.2) is 11.7 Å². The van der Waals surface area contributed by atoms with Gasteiger partial charge in [-0.1, -0.05) is 60.7 Å². The number of nitrogens with one attached hydrogen (secondary N) is 2. The normalized spacial score (nSPS) is 12.1. The molecule has 0 aliphatic rings. The first-order valence-electron chi connectivity index (χ1n) is 8.90. The van der Waals surface area contributed by atoms with E-state index in [9.17, 15) is 5.11 Å². The molecule has 0 aliphatic carbocycles. The van der Waals surface area contributed by atoms with Crippen LogP contribution >= 0.6 is 24.0 Å². The van der Waals surface area contributed by atoms with E-state index in [0.717, 1.165) is 16.9 Å². The lowest BCUT2D eigenvalue weighted by Gasteiger charge is -2.17. The molecule has 6 nitrogen and oxygen atoms in total. The lowest BCUT2D eigenvalue weighted by molar-refractivity contribution is 0.265. The summed E-state index contributed by atoms with van der Waals surface area (Å²) < 4.78 is 5.78. The Morgan fingerprint density at radius 2 is 1.75 bits per heavy atom. The van der Waals surface area contributed by atoms with Gasteiger partial charge in [0.1, 0.15) is 0 Å². The topological polar surface area (TPSA) is 82.7 Å². The van der Waals surface area contributed by atoms with Gasteiger partial charge in [0, 0.05) is 25.1 Å². The van der Waals surface area contributed by atoms with E-state index in [2.05, 4.69) is 20.6 Å². The van der Waals surface area contributed by atoms with Crippen molar-refractivity contribution in [2.75, 3.05) is 20.2 Å². The van der Waals surface area contributed by atoms with Gasteiger partial charge in [0.2, 0.25) is 5.89 Å². The number of hydrogen-bond donors (Lipinski definition) is 3. The maximum atomic E-state index is 9.66. The van der Waals surface area contributed by atoms with Crippen LogP contribution in [0.4, 0.5) is 0 Å². The Morgan fingerprint density at radius 1 is 1.07 bits per heavy atom. The molecule has 7 heteroatoms. The van der Waals surface area contributed by atoms with Crippen LogP contribution in [0.3, 0.4) is 0 Å². The molecule has 1 heterocycles. The van der Waals surface area contributed by atoms with E-state index in [1.54, 1.807) is 13.2 Å². The van der Waals surface area contributed by atoms with E-state index >= 15 is 0 Å². The second-order valence-electron chi connectivity index (χ2n) is 6.08. The van der Waals surface area contributed by atoms with Crippen molar-refractivity contribution in [2.24, 2.45) is 4.99 Å². The quantitative estimate of drug-likeness (QED) is 0.268. The number of benzene rings is 2. The van der Waals surface area contributed by atoms with Crippen LogP contribution in [0.15, 0.2) is 76.3 Å². The molecule has 0 radical (unpaired) electrons. The van der Waals surface area contributed by atoms with Crippen molar-refractivity contribution < 1.29 is 9.52 Å². The van der Waals surface area contributed by atoms with E-state index in [-0.39, 0.29) is 36.5 Å². The smallest absolute Gasteiger partial charge is 0.214 e. The van der Waals surface area contributed by atoms with E-state index in [0.29, 0.717) is 24.9 Å². The molecule has 0 spiro atoms. The minimum Gasteiger partial charge on any atom is -0.439 e. The predicted molar refractivity (Wildman–Crippen MR) is 122 cm³/mol. The van der Waals surface area contributed by atoms with E-state index in [1.165, 1.54) is 0 Å². The summed E-state index contributed by atoms with van der Waals surface area (Å²) in [6.07, 6.45) is 1.72. The number of aliphatic hydroxyl groups is 1. The van der Waals surface area contributed by atoms with Crippen molar-refractivity contribution in [2.45, 2.75) is 12.5 Å². The van der Waals surface area contributed by atoms with E-state index in [4.69, 9.17) is 4.42 Å². The summed E-state index contributed by atoms with van der Waals surface area (Å²) in [6.45, 7) is 1.05. The summed E-state index contributed by atoms with van der Waals surface area (Å²) in [6, 6.07) is 19.8. The van der Waals surface area contributed by atoms with Gasteiger partial charge in [-0.25, -0.2) is 4.98 Å². The zero-order chi connectivity index (χ0) is 18.9. The molecule has 1 atom stereocenters. The molecule has 3 N–H and O–H groups in total. The largest absolute Gasteiger partial charge is 0.439 e. The third-order valence-electron chi connectivity index (χ3n) is 4.25. The summed E-state index contributed by atoms with van der Waals surface area (Å²) in [5.41, 5.74) is 2.08. The third-order valence-corrected chi connectivity index (χ3v) is 4.25. The van der Waals surface area contributed by atoms with Gasteiger partial charge >= 0.3 is 0 Å². The molecule has 3 aromatic rings. The minimum atomic E-state index is -0.00355. The zero-order valence-corrected chi connectivity index (χ0v) is 18.0. The van der Waals surface area contributed by atoms with Crippen molar-refractivity contribution >= 4 is 29.9 Å². The first kappa shape index (κ1) is 21.9. The number of nitrogens with zero attached hydrogens (tertiary/aromatic N) is 2. The molecule has 3 rings (SSSR count). The molecule has 0 bridgehead atoms. The molecular weight excluding hydrogens is 467 g/mol. The highest BCUT2D eigenvalue weighted by molar-refractivity contribution is 14.0. The minimum absolute atomic E-state index is 0. The first-order valence-corrected chi connectivity index (χ1v) is 8.90. The Kier molecular flexibility index (Phi) is 8.96. The number of aromatic nitrogens is 1. The fraction of sp³-hybridized carbons (Fsp3) is 0.238. The van der Waals surface area contributed by atoms with Gasteiger partial charge in [0.05, 0.1) is 19.3 Å². The molecule has 0 aliphatic heterocycles. The summed E-state index contributed by atoms with van der Waals surface area (Å²) >= 11 is 0. The number of aliphatic imine (C=N–C) groups is 1. The molecule has 0 saturated heterocycles. The van der Waals surface area contributed by atoms with E-state index < -0.39 is 0 Å². The number of hydrogen-bond acceptors (Lipinski definition) is 4. The Bertz CT molecular complexity index is 853. The lowest BCUT2D eigenvalue weighted by atomic mass is 10.0. The van der Waals surface area contributed by atoms with Crippen LogP contribution in [-0.2, 0) is 6.54 Å². The molecule has 0 fully saturated rings. The van der Waals surface area contributed by atoms with Crippen LogP contribution in [0, 0.1) is 0 Å². The molecule has 1 unspecified atom stereocenters. The van der Waals surface area contributed by atoms with Gasteiger partial charge in [-0.2, -0.15) is 0 Å². The summed E-state index contributed by atoms with van der Waals surface area (Å²) in [5.74, 6) is 1.94. The van der Waals surface area contributed by atoms with Gasteiger partial charge in [0.25, 0.3) is 0 Å². The van der Waals surface area contributed by atoms with Crippen LogP contribution in [0.25, 0.3) is 11.3 Å². The van der Waals surface area contributed by atoms with Crippen molar-refractivity contribution in [1.29, 1.82) is 0 Å². The van der Waals surface area contributed by atoms with Crippen LogP contribution in [-0.4, -0.2) is 36.2 Å². The van der Waals surface area contributed by atoms with Gasteiger partial charge < -0.3 is 20.2 Å². The fourth-order valence-corrected chi connectivity index (χ4v) is 2.74. The fourth-order valence-electron chi connectivity index (χ4n) is 2.74. The molecular formula is C21H25IN4O2. The standard InChI is InChI=1S/C21H24N4O2.HI/c1-22-21(24-12-18(15-26)16-8-4-2-5-9-16)25-14-20-23-13-19(27-20)17-10-6-3-7-11-17;/h2-11,13,18,26H,12,14-15H2,1H3,(H2,22,24,25);1H. The second-order valence-corrected chi connectivity index (χ2v) is 6.08. The SMILES string of the molecule is CN=C(NCc1ncc(-c2ccccc2)o1)NCC(CO)c1ccccc1.I. The molecule has 0 amide bonds. The average Bonchev–Trinajstić information content (AvgIpc) is 3.21. The molecule has 1 aromatic heterocycles. The maximum Gasteiger partial charge on any atom is 0.214 e. The van der Waals surface area contributed by atoms with Crippen molar-refractivity contribution in [1.82, 2.24) is 15.6 Å². The number of guanidine groups is 1. The Hall–Kier alpha value is -2.39. The highest BCUT2D eigenvalue weighted by atomic mass is 127. The van der Waals surface area contributed by atoms with E-state index in [1.807, 2.05) is 60.7 Å². The van der Waals surface area contributed by atoms with Crippen molar-refractivity contribution in [3.05, 3.63) is 78.3 Å². The van der Waals surface area contributed by atoms with Gasteiger partial charge in [-0.3, -0.25) is 4.99 Å². The average molecular weight is 492 g/mol. The number of halogens is 1. The van der Waals surface area contributed by atoms with Crippen molar-refractivity contribution in [3.63, 3.8) is 0 Å². The van der Waals surface area contributed by atoms with Gasteiger partial charge in [-0.15, -0.1) is 24.0 Å². The zero-order valence-electron chi connectivity index (χ0n) is 15.7. The molecule has 2 aromatic carbocycles. The summed E-state index contributed by atoms with van der Waals surface area (Å²) in [7, 11) is 1.71. The number of aliphatic hydroxyl groups excluding tert-OH is 1.